The molecule has 2 nitrogen and oxygen atoms in total. The summed E-state index contributed by atoms with van der Waals surface area (Å²) in [7, 11) is 2.27. The van der Waals surface area contributed by atoms with Gasteiger partial charge in [0, 0.05) is 23.5 Å². The van der Waals surface area contributed by atoms with Gasteiger partial charge in [-0.15, -0.1) is 0 Å². The maximum absolute atomic E-state index is 12.0. The molecule has 1 aliphatic rings. The number of likely N-dealkylation sites (tertiary alicyclic amines) is 1. The van der Waals surface area contributed by atoms with E-state index in [1.165, 1.54) is 16.0 Å². The van der Waals surface area contributed by atoms with Crippen LogP contribution in [0.15, 0.2) is 91.0 Å². The second-order valence-corrected chi connectivity index (χ2v) is 7.88. The van der Waals surface area contributed by atoms with E-state index in [0.29, 0.717) is 0 Å². The lowest BCUT2D eigenvalue weighted by Crippen LogP contribution is -3.12. The molecule has 0 radical (unpaired) electrons. The van der Waals surface area contributed by atoms with Gasteiger partial charge in [-0.25, -0.2) is 0 Å². The highest BCUT2D eigenvalue weighted by Gasteiger charge is 2.52. The number of quaternary nitrogens is 1. The maximum Gasteiger partial charge on any atom is 0.119 e. The summed E-state index contributed by atoms with van der Waals surface area (Å²) in [5.41, 5.74) is 2.74. The van der Waals surface area contributed by atoms with Crippen molar-refractivity contribution < 1.29 is 10.0 Å². The summed E-state index contributed by atoms with van der Waals surface area (Å²) in [5, 5.41) is 12.0. The van der Waals surface area contributed by atoms with Gasteiger partial charge >= 0.3 is 0 Å². The van der Waals surface area contributed by atoms with Crippen LogP contribution in [0.5, 0.6) is 0 Å². The number of hydrogen-bond donors (Lipinski definition) is 2. The van der Waals surface area contributed by atoms with Crippen molar-refractivity contribution in [2.75, 3.05) is 7.05 Å². The Kier molecular flexibility index (Phi) is 4.86. The number of piperidine rings is 1. The van der Waals surface area contributed by atoms with Crippen LogP contribution >= 0.6 is 0 Å². The Hall–Kier alpha value is -2.42. The largest absolute Gasteiger partial charge is 0.384 e. The minimum Gasteiger partial charge on any atom is -0.384 e. The van der Waals surface area contributed by atoms with Gasteiger partial charge in [-0.05, 0) is 5.56 Å². The zero-order chi connectivity index (χ0) is 18.9. The van der Waals surface area contributed by atoms with Crippen LogP contribution in [0.4, 0.5) is 0 Å². The Balaban J connectivity index is 1.84. The highest BCUT2D eigenvalue weighted by atomic mass is 16.3. The van der Waals surface area contributed by atoms with Crippen LogP contribution < -0.4 is 4.90 Å². The second-order valence-electron chi connectivity index (χ2n) is 7.88. The van der Waals surface area contributed by atoms with E-state index in [0.717, 1.165) is 12.0 Å². The predicted octanol–water partition coefficient (Wildman–Crippen LogP) is 3.91. The van der Waals surface area contributed by atoms with Crippen molar-refractivity contribution in [3.8, 4) is 0 Å². The first-order chi connectivity index (χ1) is 13.1. The van der Waals surface area contributed by atoms with E-state index >= 15 is 0 Å². The molecule has 0 aromatic heterocycles. The van der Waals surface area contributed by atoms with Gasteiger partial charge in [-0.2, -0.15) is 0 Å². The molecule has 5 atom stereocenters. The van der Waals surface area contributed by atoms with Crippen molar-refractivity contribution in [1.82, 2.24) is 0 Å². The first-order valence-electron chi connectivity index (χ1n) is 9.82. The molecule has 4 rings (SSSR count). The number of aliphatic hydroxyl groups is 1. The molecular weight excluding hydrogens is 330 g/mol. The van der Waals surface area contributed by atoms with Gasteiger partial charge in [0.1, 0.15) is 17.7 Å². The molecule has 27 heavy (non-hydrogen) atoms. The topological polar surface area (TPSA) is 24.7 Å². The highest BCUT2D eigenvalue weighted by Crippen LogP contribution is 2.45. The lowest BCUT2D eigenvalue weighted by Gasteiger charge is -2.49. The molecule has 1 fully saturated rings. The summed E-state index contributed by atoms with van der Waals surface area (Å²) in [5.74, 6) is 0.0993. The predicted molar refractivity (Wildman–Crippen MR) is 109 cm³/mol. The highest BCUT2D eigenvalue weighted by molar-refractivity contribution is 5.29. The van der Waals surface area contributed by atoms with Crippen molar-refractivity contribution in [1.29, 1.82) is 0 Å². The molecule has 138 valence electrons. The third kappa shape index (κ3) is 3.20. The average Bonchev–Trinajstić information content (AvgIpc) is 2.73. The molecule has 0 spiro atoms. The molecular formula is C25H28NO+. The van der Waals surface area contributed by atoms with Crippen LogP contribution in [0.3, 0.4) is 0 Å². The summed E-state index contributed by atoms with van der Waals surface area (Å²) in [4.78, 5) is 1.44. The fourth-order valence-corrected chi connectivity index (χ4v) is 4.93. The Labute approximate surface area is 162 Å². The van der Waals surface area contributed by atoms with E-state index < -0.39 is 5.60 Å². The van der Waals surface area contributed by atoms with Crippen LogP contribution in [0.2, 0.25) is 0 Å². The number of rotatable bonds is 3. The SMILES string of the molecule is C[C@H]1[C@H](c2ccccc2)[NH+](C)[C@H](c2ccccc2)C[C@]1(O)c1ccccc1. The third-order valence-electron chi connectivity index (χ3n) is 6.44. The molecule has 2 N–H and O–H groups in total. The second kappa shape index (κ2) is 7.30. The quantitative estimate of drug-likeness (QED) is 0.729. The monoisotopic (exact) mass is 358 g/mol. The van der Waals surface area contributed by atoms with E-state index in [-0.39, 0.29) is 18.0 Å². The Bertz CT molecular complexity index is 865. The van der Waals surface area contributed by atoms with Gasteiger partial charge in [0.15, 0.2) is 0 Å². The zero-order valence-corrected chi connectivity index (χ0v) is 16.0. The van der Waals surface area contributed by atoms with E-state index in [9.17, 15) is 5.11 Å². The molecule has 2 heteroatoms. The van der Waals surface area contributed by atoms with Crippen molar-refractivity contribution in [3.63, 3.8) is 0 Å². The Morgan fingerprint density at radius 1 is 0.778 bits per heavy atom. The molecule has 0 saturated carbocycles. The van der Waals surface area contributed by atoms with Crippen LogP contribution in [-0.2, 0) is 5.60 Å². The van der Waals surface area contributed by atoms with Crippen molar-refractivity contribution in [3.05, 3.63) is 108 Å². The smallest absolute Gasteiger partial charge is 0.119 e. The van der Waals surface area contributed by atoms with Crippen LogP contribution in [0.25, 0.3) is 0 Å². The third-order valence-corrected chi connectivity index (χ3v) is 6.44. The first kappa shape index (κ1) is 18.0. The molecule has 1 saturated heterocycles. The summed E-state index contributed by atoms with van der Waals surface area (Å²) in [6.45, 7) is 2.20. The minimum absolute atomic E-state index is 0.0993. The molecule has 0 aliphatic carbocycles. The Morgan fingerprint density at radius 2 is 1.26 bits per heavy atom. The minimum atomic E-state index is -0.859. The van der Waals surface area contributed by atoms with Gasteiger partial charge in [-0.1, -0.05) is 97.9 Å². The molecule has 1 aliphatic heterocycles. The maximum atomic E-state index is 12.0. The normalized spacial score (nSPS) is 30.8. The fourth-order valence-electron chi connectivity index (χ4n) is 4.93. The van der Waals surface area contributed by atoms with Crippen LogP contribution in [-0.4, -0.2) is 12.2 Å². The van der Waals surface area contributed by atoms with E-state index in [1.807, 2.05) is 18.2 Å². The van der Waals surface area contributed by atoms with Gasteiger partial charge in [0.2, 0.25) is 0 Å². The number of benzene rings is 3. The summed E-state index contributed by atoms with van der Waals surface area (Å²) in [6.07, 6.45) is 0.720. The van der Waals surface area contributed by atoms with E-state index in [4.69, 9.17) is 0 Å². The van der Waals surface area contributed by atoms with Gasteiger partial charge in [-0.3, -0.25) is 0 Å². The fraction of sp³-hybridized carbons (Fsp3) is 0.280. The van der Waals surface area contributed by atoms with Crippen LogP contribution in [0.1, 0.15) is 42.1 Å². The van der Waals surface area contributed by atoms with Gasteiger partial charge in [0.05, 0.1) is 7.05 Å². The summed E-state index contributed by atoms with van der Waals surface area (Å²) in [6, 6.07) is 32.0. The lowest BCUT2D eigenvalue weighted by molar-refractivity contribution is -0.957. The standard InChI is InChI=1S/C25H27NO/c1-19-24(21-14-8-4-9-15-21)26(2)23(20-12-6-3-7-13-20)18-25(19,27)22-16-10-5-11-17-22/h3-17,19,23-24,27H,18H2,1-2H3/p+1/t19-,23-,24+,25+/m0/s1. The molecule has 1 heterocycles. The van der Waals surface area contributed by atoms with Crippen LogP contribution in [0, 0.1) is 5.92 Å². The van der Waals surface area contributed by atoms with Crippen molar-refractivity contribution in [2.24, 2.45) is 5.92 Å². The lowest BCUT2D eigenvalue weighted by atomic mass is 9.68. The van der Waals surface area contributed by atoms with E-state index in [2.05, 4.69) is 86.8 Å². The Morgan fingerprint density at radius 3 is 1.81 bits per heavy atom. The molecule has 0 amide bonds. The summed E-state index contributed by atoms with van der Waals surface area (Å²) < 4.78 is 0. The van der Waals surface area contributed by atoms with E-state index in [1.54, 1.807) is 0 Å². The zero-order valence-electron chi connectivity index (χ0n) is 16.0. The number of nitrogens with one attached hydrogen (secondary N) is 1. The molecule has 3 aromatic rings. The molecule has 0 bridgehead atoms. The summed E-state index contributed by atoms with van der Waals surface area (Å²) >= 11 is 0. The van der Waals surface area contributed by atoms with Gasteiger partial charge < -0.3 is 10.0 Å². The molecule has 1 unspecified atom stereocenters. The van der Waals surface area contributed by atoms with Crippen molar-refractivity contribution in [2.45, 2.75) is 31.0 Å². The number of hydrogen-bond acceptors (Lipinski definition) is 1. The van der Waals surface area contributed by atoms with Crippen molar-refractivity contribution >= 4 is 0 Å². The molecule has 3 aromatic carbocycles. The first-order valence-corrected chi connectivity index (χ1v) is 9.82. The van der Waals surface area contributed by atoms with Gasteiger partial charge in [0.25, 0.3) is 0 Å². The average molecular weight is 359 g/mol.